The number of hydrogen-bond acceptors (Lipinski definition) is 5. The molecule has 0 N–H and O–H groups in total. The Morgan fingerprint density at radius 3 is 2.08 bits per heavy atom. The van der Waals surface area contributed by atoms with Crippen LogP contribution in [-0.4, -0.2) is 74.9 Å². The predicted molar refractivity (Wildman–Crippen MR) is 137 cm³/mol. The number of piperidine rings is 1. The van der Waals surface area contributed by atoms with Crippen molar-refractivity contribution in [2.45, 2.75) is 78.2 Å². The summed E-state index contributed by atoms with van der Waals surface area (Å²) < 4.78 is 38.9. The third kappa shape index (κ3) is 5.67. The van der Waals surface area contributed by atoms with Gasteiger partial charge in [0.15, 0.2) is 0 Å². The van der Waals surface area contributed by atoms with Crippen molar-refractivity contribution >= 4 is 5.91 Å². The van der Waals surface area contributed by atoms with Gasteiger partial charge in [0.2, 0.25) is 0 Å². The van der Waals surface area contributed by atoms with Gasteiger partial charge in [-0.25, -0.2) is 9.97 Å². The predicted octanol–water partition coefficient (Wildman–Crippen LogP) is 5.18. The Bertz CT molecular complexity index is 1100. The maximum atomic E-state index is 13.3. The van der Waals surface area contributed by atoms with Crippen LogP contribution in [0.15, 0.2) is 24.3 Å². The molecule has 2 aliphatic rings. The third-order valence-corrected chi connectivity index (χ3v) is 8.38. The smallest absolute Gasteiger partial charge is 0.338 e. The fourth-order valence-electron chi connectivity index (χ4n) is 6.04. The zero-order chi connectivity index (χ0) is 27.1. The van der Waals surface area contributed by atoms with Gasteiger partial charge in [0.1, 0.15) is 5.82 Å². The van der Waals surface area contributed by atoms with Crippen molar-refractivity contribution in [2.75, 3.05) is 32.7 Å². The summed E-state index contributed by atoms with van der Waals surface area (Å²) >= 11 is 0. The summed E-state index contributed by atoms with van der Waals surface area (Å²) in [6.45, 7) is 16.1. The van der Waals surface area contributed by atoms with Crippen molar-refractivity contribution < 1.29 is 18.0 Å². The van der Waals surface area contributed by atoms with Crippen LogP contribution in [0.1, 0.15) is 78.4 Å². The number of carbonyl (C=O) groups excluding carboxylic acids is 1. The number of halogens is 3. The lowest BCUT2D eigenvalue weighted by atomic mass is 9.86. The fraction of sp³-hybridized carbons (Fsp3) is 0.607. The molecule has 2 aliphatic heterocycles. The van der Waals surface area contributed by atoms with Crippen molar-refractivity contribution in [3.8, 4) is 0 Å². The molecule has 0 radical (unpaired) electrons. The number of likely N-dealkylation sites (tertiary alicyclic amines) is 1. The lowest BCUT2D eigenvalue weighted by molar-refractivity contribution is -0.137. The van der Waals surface area contributed by atoms with Gasteiger partial charge in [-0.1, -0.05) is 12.1 Å². The van der Waals surface area contributed by atoms with Gasteiger partial charge in [-0.2, -0.15) is 13.2 Å². The second-order valence-corrected chi connectivity index (χ2v) is 10.9. The Hall–Kier alpha value is -2.52. The van der Waals surface area contributed by atoms with E-state index in [0.717, 1.165) is 49.4 Å². The van der Waals surface area contributed by atoms with Gasteiger partial charge in [-0.15, -0.1) is 0 Å². The summed E-state index contributed by atoms with van der Waals surface area (Å²) in [6, 6.07) is 5.85. The minimum Gasteiger partial charge on any atom is -0.338 e. The monoisotopic (exact) mass is 517 g/mol. The quantitative estimate of drug-likeness (QED) is 0.559. The van der Waals surface area contributed by atoms with Crippen LogP contribution in [0.25, 0.3) is 0 Å². The molecular formula is C28H38F3N5O. The highest BCUT2D eigenvalue weighted by molar-refractivity contribution is 5.96. The summed E-state index contributed by atoms with van der Waals surface area (Å²) in [5.74, 6) is 0.694. The van der Waals surface area contributed by atoms with Gasteiger partial charge >= 0.3 is 6.18 Å². The maximum Gasteiger partial charge on any atom is 0.416 e. The fourth-order valence-corrected chi connectivity index (χ4v) is 6.04. The number of carbonyl (C=O) groups is 1. The number of amides is 1. The number of aryl methyl sites for hydroxylation is 3. The summed E-state index contributed by atoms with van der Waals surface area (Å²) in [7, 11) is 0. The van der Waals surface area contributed by atoms with E-state index in [-0.39, 0.29) is 23.5 Å². The summed E-state index contributed by atoms with van der Waals surface area (Å²) in [5.41, 5.74) is 2.37. The first-order chi connectivity index (χ1) is 17.3. The van der Waals surface area contributed by atoms with E-state index in [1.165, 1.54) is 12.1 Å². The molecule has 0 aliphatic carbocycles. The van der Waals surface area contributed by atoms with E-state index in [1.54, 1.807) is 12.1 Å². The highest BCUT2D eigenvalue weighted by Gasteiger charge is 2.41. The molecule has 0 bridgehead atoms. The molecule has 2 saturated heterocycles. The Kier molecular flexibility index (Phi) is 7.68. The molecule has 2 aromatic rings. The zero-order valence-electron chi connectivity index (χ0n) is 22.7. The highest BCUT2D eigenvalue weighted by Crippen LogP contribution is 2.35. The number of alkyl halides is 3. The van der Waals surface area contributed by atoms with Crippen molar-refractivity contribution in [2.24, 2.45) is 0 Å². The lowest BCUT2D eigenvalue weighted by Gasteiger charge is -2.52. The topological polar surface area (TPSA) is 52.6 Å². The van der Waals surface area contributed by atoms with Crippen LogP contribution in [0, 0.1) is 20.8 Å². The lowest BCUT2D eigenvalue weighted by Crippen LogP contribution is -2.62. The molecular weight excluding hydrogens is 479 g/mol. The normalized spacial score (nSPS) is 22.2. The molecule has 6 nitrogen and oxygen atoms in total. The van der Waals surface area contributed by atoms with Crippen molar-refractivity contribution in [3.63, 3.8) is 0 Å². The average Bonchev–Trinajstić information content (AvgIpc) is 2.83. The van der Waals surface area contributed by atoms with Gasteiger partial charge in [0.05, 0.1) is 22.5 Å². The SMILES string of the molecule is Cc1nc(C)c(C(=O)N2CCC(C)(N3CCN(C(C)c4ccc(C(F)(F)F)cc4)C(C)C3)CC2)c(C)n1. The van der Waals surface area contributed by atoms with Crippen LogP contribution in [0.5, 0.6) is 0 Å². The van der Waals surface area contributed by atoms with E-state index >= 15 is 0 Å². The van der Waals surface area contributed by atoms with Crippen LogP contribution < -0.4 is 0 Å². The Morgan fingerprint density at radius 2 is 1.57 bits per heavy atom. The number of aromatic nitrogens is 2. The van der Waals surface area contributed by atoms with Crippen LogP contribution in [0.4, 0.5) is 13.2 Å². The van der Waals surface area contributed by atoms with Crippen molar-refractivity contribution in [1.29, 1.82) is 0 Å². The van der Waals surface area contributed by atoms with Crippen LogP contribution in [0.3, 0.4) is 0 Å². The van der Waals surface area contributed by atoms with E-state index in [4.69, 9.17) is 0 Å². The first-order valence-corrected chi connectivity index (χ1v) is 13.1. The molecule has 2 fully saturated rings. The molecule has 2 unspecified atom stereocenters. The van der Waals surface area contributed by atoms with Gasteiger partial charge < -0.3 is 4.90 Å². The maximum absolute atomic E-state index is 13.3. The third-order valence-electron chi connectivity index (χ3n) is 8.38. The van der Waals surface area contributed by atoms with Crippen LogP contribution in [0.2, 0.25) is 0 Å². The minimum absolute atomic E-state index is 0.00257. The van der Waals surface area contributed by atoms with Gasteiger partial charge in [0, 0.05) is 50.3 Å². The molecule has 3 heterocycles. The number of benzene rings is 1. The van der Waals surface area contributed by atoms with E-state index in [1.807, 2.05) is 25.7 Å². The van der Waals surface area contributed by atoms with Crippen LogP contribution in [-0.2, 0) is 6.18 Å². The zero-order valence-corrected chi connectivity index (χ0v) is 22.7. The average molecular weight is 518 g/mol. The standard InChI is InChI=1S/C28H38F3N5O/c1-18-17-35(15-16-36(18)21(4)23-7-9-24(10-8-23)28(29,30)31)27(6)11-13-34(14-12-27)26(37)25-19(2)32-22(5)33-20(25)3/h7-10,18,21H,11-17H2,1-6H3. The van der Waals surface area contributed by atoms with E-state index in [0.29, 0.717) is 24.5 Å². The van der Waals surface area contributed by atoms with Crippen molar-refractivity contribution in [3.05, 3.63) is 58.2 Å². The second kappa shape index (κ2) is 10.3. The van der Waals surface area contributed by atoms with Gasteiger partial charge in [-0.3, -0.25) is 14.6 Å². The molecule has 37 heavy (non-hydrogen) atoms. The number of hydrogen-bond donors (Lipinski definition) is 0. The van der Waals surface area contributed by atoms with Crippen molar-refractivity contribution in [1.82, 2.24) is 24.7 Å². The molecule has 9 heteroatoms. The summed E-state index contributed by atoms with van der Waals surface area (Å²) in [4.78, 5) is 28.9. The number of piperazine rings is 1. The van der Waals surface area contributed by atoms with Gasteiger partial charge in [0.25, 0.3) is 5.91 Å². The molecule has 1 aromatic carbocycles. The molecule has 0 spiro atoms. The highest BCUT2D eigenvalue weighted by atomic mass is 19.4. The Morgan fingerprint density at radius 1 is 1.00 bits per heavy atom. The summed E-state index contributed by atoms with van der Waals surface area (Å²) in [5, 5.41) is 0. The first kappa shape index (κ1) is 27.5. The van der Waals surface area contributed by atoms with Gasteiger partial charge in [-0.05, 0) is 72.1 Å². The molecule has 2 atom stereocenters. The first-order valence-electron chi connectivity index (χ1n) is 13.1. The summed E-state index contributed by atoms with van der Waals surface area (Å²) in [6.07, 6.45) is -2.53. The minimum atomic E-state index is -4.32. The molecule has 202 valence electrons. The van der Waals surface area contributed by atoms with Crippen LogP contribution >= 0.6 is 0 Å². The Balaban J connectivity index is 1.36. The van der Waals surface area contributed by atoms with E-state index < -0.39 is 11.7 Å². The largest absolute Gasteiger partial charge is 0.416 e. The second-order valence-electron chi connectivity index (χ2n) is 10.9. The van der Waals surface area contributed by atoms with E-state index in [9.17, 15) is 18.0 Å². The molecule has 1 aromatic heterocycles. The molecule has 4 rings (SSSR count). The Labute approximate surface area is 217 Å². The molecule has 0 saturated carbocycles. The van der Waals surface area contributed by atoms with E-state index in [2.05, 4.69) is 40.5 Å². The number of nitrogens with zero attached hydrogens (tertiary/aromatic N) is 5. The number of rotatable bonds is 4. The molecule has 1 amide bonds.